The van der Waals surface area contributed by atoms with Crippen molar-refractivity contribution in [2.75, 3.05) is 0 Å². The first-order chi connectivity index (χ1) is 7.22. The van der Waals surface area contributed by atoms with Gasteiger partial charge in [-0.3, -0.25) is 0 Å². The zero-order valence-corrected chi connectivity index (χ0v) is 10.6. The normalized spacial score (nSPS) is 12.7. The molecule has 0 aromatic heterocycles. The Morgan fingerprint density at radius 2 is 2.07 bits per heavy atom. The third-order valence-corrected chi connectivity index (χ3v) is 3.10. The predicted octanol–water partition coefficient (Wildman–Crippen LogP) is 4.73. The lowest BCUT2D eigenvalue weighted by atomic mass is 10.0. The van der Waals surface area contributed by atoms with Gasteiger partial charge in [0, 0.05) is 5.38 Å². The molecule has 0 saturated heterocycles. The number of hydrogen-bond acceptors (Lipinski definition) is 0. The predicted molar refractivity (Wildman–Crippen MR) is 68.7 cm³/mol. The second-order valence-corrected chi connectivity index (χ2v) is 4.88. The standard InChI is InChI=1S/C14H21Cl/c1-3-6-14(15)10-5-9-13-8-4-7-12(2)11-13/h4,7-8,11,14H,3,5-6,9-10H2,1-2H3. The van der Waals surface area contributed by atoms with Crippen LogP contribution in [-0.2, 0) is 6.42 Å². The molecule has 1 atom stereocenters. The minimum Gasteiger partial charge on any atom is -0.123 e. The van der Waals surface area contributed by atoms with Crippen molar-refractivity contribution in [3.8, 4) is 0 Å². The molecule has 0 radical (unpaired) electrons. The highest BCUT2D eigenvalue weighted by Gasteiger charge is 2.02. The maximum absolute atomic E-state index is 6.18. The van der Waals surface area contributed by atoms with Gasteiger partial charge < -0.3 is 0 Å². The quantitative estimate of drug-likeness (QED) is 0.613. The minimum atomic E-state index is 0.375. The van der Waals surface area contributed by atoms with Crippen LogP contribution >= 0.6 is 11.6 Å². The van der Waals surface area contributed by atoms with Crippen LogP contribution in [0.25, 0.3) is 0 Å². The Morgan fingerprint density at radius 3 is 2.73 bits per heavy atom. The van der Waals surface area contributed by atoms with Gasteiger partial charge in [-0.2, -0.15) is 0 Å². The zero-order chi connectivity index (χ0) is 11.1. The molecular formula is C14H21Cl. The lowest BCUT2D eigenvalue weighted by Crippen LogP contribution is -1.98. The highest BCUT2D eigenvalue weighted by Crippen LogP contribution is 2.15. The molecule has 0 nitrogen and oxygen atoms in total. The number of aryl methyl sites for hydroxylation is 2. The Balaban J connectivity index is 2.25. The van der Waals surface area contributed by atoms with E-state index in [9.17, 15) is 0 Å². The number of alkyl halides is 1. The van der Waals surface area contributed by atoms with Crippen LogP contribution in [0.5, 0.6) is 0 Å². The first kappa shape index (κ1) is 12.6. The summed E-state index contributed by atoms with van der Waals surface area (Å²) in [6, 6.07) is 8.75. The van der Waals surface area contributed by atoms with Crippen molar-refractivity contribution in [1.82, 2.24) is 0 Å². The molecule has 0 N–H and O–H groups in total. The van der Waals surface area contributed by atoms with Gasteiger partial charge in [0.15, 0.2) is 0 Å². The molecule has 0 aliphatic carbocycles. The number of halogens is 1. The van der Waals surface area contributed by atoms with E-state index < -0.39 is 0 Å². The van der Waals surface area contributed by atoms with Crippen molar-refractivity contribution in [2.45, 2.75) is 51.3 Å². The van der Waals surface area contributed by atoms with E-state index in [1.807, 2.05) is 0 Å². The van der Waals surface area contributed by atoms with Crippen LogP contribution in [0.1, 0.15) is 43.7 Å². The average molecular weight is 225 g/mol. The SMILES string of the molecule is CCCC(Cl)CCCc1cccc(C)c1. The molecule has 0 fully saturated rings. The van der Waals surface area contributed by atoms with E-state index in [-0.39, 0.29) is 0 Å². The Bertz CT molecular complexity index is 280. The number of hydrogen-bond donors (Lipinski definition) is 0. The molecule has 1 rings (SSSR count). The summed E-state index contributed by atoms with van der Waals surface area (Å²) in [6.45, 7) is 4.33. The number of rotatable bonds is 6. The van der Waals surface area contributed by atoms with Gasteiger partial charge in [0.25, 0.3) is 0 Å². The lowest BCUT2D eigenvalue weighted by Gasteiger charge is -2.07. The van der Waals surface area contributed by atoms with E-state index in [0.717, 1.165) is 19.3 Å². The smallest absolute Gasteiger partial charge is 0.0336 e. The summed E-state index contributed by atoms with van der Waals surface area (Å²) in [5, 5.41) is 0.375. The minimum absolute atomic E-state index is 0.375. The summed E-state index contributed by atoms with van der Waals surface area (Å²) in [5.74, 6) is 0. The average Bonchev–Trinajstić information content (AvgIpc) is 2.18. The van der Waals surface area contributed by atoms with Crippen LogP contribution in [0.3, 0.4) is 0 Å². The maximum Gasteiger partial charge on any atom is 0.0336 e. The first-order valence-electron chi connectivity index (χ1n) is 5.92. The fourth-order valence-electron chi connectivity index (χ4n) is 1.85. The molecule has 0 bridgehead atoms. The third-order valence-electron chi connectivity index (χ3n) is 2.67. The van der Waals surface area contributed by atoms with Crippen molar-refractivity contribution in [2.24, 2.45) is 0 Å². The fourth-order valence-corrected chi connectivity index (χ4v) is 2.23. The largest absolute Gasteiger partial charge is 0.123 e. The molecule has 0 amide bonds. The van der Waals surface area contributed by atoms with Gasteiger partial charge >= 0.3 is 0 Å². The van der Waals surface area contributed by atoms with Crippen LogP contribution < -0.4 is 0 Å². The van der Waals surface area contributed by atoms with E-state index >= 15 is 0 Å². The van der Waals surface area contributed by atoms with Crippen molar-refractivity contribution in [3.05, 3.63) is 35.4 Å². The van der Waals surface area contributed by atoms with Gasteiger partial charge in [-0.1, -0.05) is 43.2 Å². The summed E-state index contributed by atoms with van der Waals surface area (Å²) >= 11 is 6.18. The van der Waals surface area contributed by atoms with Gasteiger partial charge in [0.05, 0.1) is 0 Å². The highest BCUT2D eigenvalue weighted by atomic mass is 35.5. The summed E-state index contributed by atoms with van der Waals surface area (Å²) in [7, 11) is 0. The molecule has 1 unspecified atom stereocenters. The summed E-state index contributed by atoms with van der Waals surface area (Å²) in [5.41, 5.74) is 2.79. The maximum atomic E-state index is 6.18. The van der Waals surface area contributed by atoms with E-state index in [2.05, 4.69) is 38.1 Å². The summed E-state index contributed by atoms with van der Waals surface area (Å²) in [4.78, 5) is 0. The summed E-state index contributed by atoms with van der Waals surface area (Å²) < 4.78 is 0. The molecule has 0 aliphatic rings. The van der Waals surface area contributed by atoms with Crippen LogP contribution in [0.2, 0.25) is 0 Å². The second kappa shape index (κ2) is 6.90. The Labute approximate surface area is 98.7 Å². The lowest BCUT2D eigenvalue weighted by molar-refractivity contribution is 0.640. The molecule has 0 heterocycles. The molecule has 0 spiro atoms. The van der Waals surface area contributed by atoms with Crippen LogP contribution in [0.4, 0.5) is 0 Å². The van der Waals surface area contributed by atoms with Crippen molar-refractivity contribution in [3.63, 3.8) is 0 Å². The van der Waals surface area contributed by atoms with Gasteiger partial charge in [-0.15, -0.1) is 11.6 Å². The molecule has 1 aromatic rings. The van der Waals surface area contributed by atoms with Crippen molar-refractivity contribution >= 4 is 11.6 Å². The van der Waals surface area contributed by atoms with E-state index in [0.29, 0.717) is 5.38 Å². The molecule has 15 heavy (non-hydrogen) atoms. The molecule has 84 valence electrons. The third kappa shape index (κ3) is 5.22. The van der Waals surface area contributed by atoms with Crippen molar-refractivity contribution < 1.29 is 0 Å². The highest BCUT2D eigenvalue weighted by molar-refractivity contribution is 6.20. The van der Waals surface area contributed by atoms with E-state index in [4.69, 9.17) is 11.6 Å². The Kier molecular flexibility index (Phi) is 5.78. The molecular weight excluding hydrogens is 204 g/mol. The molecule has 0 saturated carbocycles. The zero-order valence-electron chi connectivity index (χ0n) is 9.80. The monoisotopic (exact) mass is 224 g/mol. The Hall–Kier alpha value is -0.490. The van der Waals surface area contributed by atoms with E-state index in [1.165, 1.54) is 24.0 Å². The molecule has 1 aromatic carbocycles. The number of benzene rings is 1. The van der Waals surface area contributed by atoms with Gasteiger partial charge in [-0.05, 0) is 38.2 Å². The Morgan fingerprint density at radius 1 is 1.27 bits per heavy atom. The van der Waals surface area contributed by atoms with Gasteiger partial charge in [0.1, 0.15) is 0 Å². The second-order valence-electron chi connectivity index (χ2n) is 4.27. The van der Waals surface area contributed by atoms with Crippen LogP contribution in [0, 0.1) is 6.92 Å². The molecule has 0 aliphatic heterocycles. The topological polar surface area (TPSA) is 0 Å². The van der Waals surface area contributed by atoms with Crippen LogP contribution in [-0.4, -0.2) is 5.38 Å². The first-order valence-corrected chi connectivity index (χ1v) is 6.35. The van der Waals surface area contributed by atoms with Crippen molar-refractivity contribution in [1.29, 1.82) is 0 Å². The van der Waals surface area contributed by atoms with Gasteiger partial charge in [-0.25, -0.2) is 0 Å². The van der Waals surface area contributed by atoms with Gasteiger partial charge in [0.2, 0.25) is 0 Å². The van der Waals surface area contributed by atoms with Crippen LogP contribution in [0.15, 0.2) is 24.3 Å². The molecule has 1 heteroatoms. The summed E-state index contributed by atoms with van der Waals surface area (Å²) in [6.07, 6.45) is 5.85. The fraction of sp³-hybridized carbons (Fsp3) is 0.571. The van der Waals surface area contributed by atoms with E-state index in [1.54, 1.807) is 0 Å².